The van der Waals surface area contributed by atoms with E-state index < -0.39 is 40.9 Å². The number of hydrogen-bond donors (Lipinski definition) is 4. The molecule has 0 radical (unpaired) electrons. The number of benzene rings is 1. The van der Waals surface area contributed by atoms with Gasteiger partial charge in [0, 0.05) is 6.07 Å². The number of anilines is 1. The van der Waals surface area contributed by atoms with Crippen molar-refractivity contribution in [1.29, 1.82) is 0 Å². The molecule has 6 nitrogen and oxygen atoms in total. The maximum absolute atomic E-state index is 13.5. The topological polar surface area (TPSA) is 102 Å². The number of aromatic hydroxyl groups is 1. The predicted octanol–water partition coefficient (Wildman–Crippen LogP) is 2.60. The van der Waals surface area contributed by atoms with Crippen LogP contribution in [0, 0.1) is 11.7 Å². The summed E-state index contributed by atoms with van der Waals surface area (Å²) in [5.74, 6) is -5.77. The Balaban J connectivity index is 3.09. The summed E-state index contributed by atoms with van der Waals surface area (Å²) >= 11 is 5.42. The minimum absolute atomic E-state index is 0.100. The minimum Gasteiger partial charge on any atom is -0.506 e. The Morgan fingerprint density at radius 1 is 1.43 bits per heavy atom. The number of carboxylic acid groups (broad SMARTS) is 1. The van der Waals surface area contributed by atoms with Gasteiger partial charge in [0.25, 0.3) is 0 Å². The molecule has 1 aromatic rings. The Hall–Kier alpha value is -2.07. The second-order valence-electron chi connectivity index (χ2n) is 4.54. The quantitative estimate of drug-likeness (QED) is 0.368. The first-order chi connectivity index (χ1) is 10.4. The molecule has 11 heteroatoms. The Morgan fingerprint density at radius 3 is 2.48 bits per heavy atom. The summed E-state index contributed by atoms with van der Waals surface area (Å²) in [5, 5.41) is 30.2. The summed E-state index contributed by atoms with van der Waals surface area (Å²) < 4.78 is 52.1. The molecule has 0 saturated carbocycles. The van der Waals surface area contributed by atoms with Crippen LogP contribution >= 0.6 is 11.6 Å². The van der Waals surface area contributed by atoms with E-state index >= 15 is 0 Å². The first-order valence-corrected chi connectivity index (χ1v) is 6.28. The van der Waals surface area contributed by atoms with E-state index in [0.29, 0.717) is 13.0 Å². The molecule has 0 aliphatic heterocycles. The molecule has 0 heterocycles. The van der Waals surface area contributed by atoms with Crippen LogP contribution in [-0.4, -0.2) is 39.3 Å². The van der Waals surface area contributed by atoms with Gasteiger partial charge in [0.1, 0.15) is 11.6 Å². The summed E-state index contributed by atoms with van der Waals surface area (Å²) in [6.45, 7) is 0.635. The highest BCUT2D eigenvalue weighted by Gasteiger charge is 2.58. The van der Waals surface area contributed by atoms with E-state index in [2.05, 4.69) is 5.10 Å². The lowest BCUT2D eigenvalue weighted by atomic mass is 9.89. The molecule has 1 aromatic carbocycles. The van der Waals surface area contributed by atoms with Crippen molar-refractivity contribution in [2.75, 3.05) is 5.43 Å². The molecule has 0 bridgehead atoms. The molecule has 1 rings (SSSR count). The van der Waals surface area contributed by atoms with Gasteiger partial charge in [0.15, 0.2) is 0 Å². The average Bonchev–Trinajstić information content (AvgIpc) is 2.41. The Morgan fingerprint density at radius 2 is 2.00 bits per heavy atom. The lowest BCUT2D eigenvalue weighted by Gasteiger charge is -2.29. The van der Waals surface area contributed by atoms with Gasteiger partial charge in [0.2, 0.25) is 5.60 Å². The lowest BCUT2D eigenvalue weighted by Crippen LogP contribution is -2.54. The van der Waals surface area contributed by atoms with Crippen LogP contribution in [-0.2, 0) is 4.79 Å². The number of hydrazone groups is 1. The highest BCUT2D eigenvalue weighted by atomic mass is 35.5. The number of nitrogens with one attached hydrogen (secondary N) is 1. The third kappa shape index (κ3) is 4.02. The van der Waals surface area contributed by atoms with E-state index in [0.717, 1.165) is 6.07 Å². The second-order valence-corrected chi connectivity index (χ2v) is 4.94. The van der Waals surface area contributed by atoms with Crippen LogP contribution in [0.15, 0.2) is 17.2 Å². The van der Waals surface area contributed by atoms with E-state index in [-0.39, 0.29) is 11.2 Å². The van der Waals surface area contributed by atoms with E-state index in [1.54, 1.807) is 0 Å². The van der Waals surface area contributed by atoms with Crippen LogP contribution in [0.4, 0.5) is 23.2 Å². The molecule has 0 aromatic heterocycles. The molecule has 0 aliphatic rings. The van der Waals surface area contributed by atoms with Gasteiger partial charge < -0.3 is 15.3 Å². The van der Waals surface area contributed by atoms with Crippen molar-refractivity contribution < 1.29 is 37.7 Å². The lowest BCUT2D eigenvalue weighted by molar-refractivity contribution is -0.245. The summed E-state index contributed by atoms with van der Waals surface area (Å²) in [5.41, 5.74) is -2.49. The van der Waals surface area contributed by atoms with Gasteiger partial charge >= 0.3 is 12.1 Å². The maximum atomic E-state index is 13.5. The number of nitrogens with zero attached hydrogens (tertiary/aromatic N) is 1. The van der Waals surface area contributed by atoms with E-state index in [9.17, 15) is 32.6 Å². The fourth-order valence-corrected chi connectivity index (χ4v) is 1.59. The number of aliphatic carboxylic acids is 1. The van der Waals surface area contributed by atoms with Gasteiger partial charge in [-0.05, 0) is 13.0 Å². The van der Waals surface area contributed by atoms with Crippen molar-refractivity contribution in [2.45, 2.75) is 18.7 Å². The molecule has 0 spiro atoms. The number of phenolic OH excluding ortho intramolecular Hbond substituents is 1. The largest absolute Gasteiger partial charge is 0.506 e. The summed E-state index contributed by atoms with van der Waals surface area (Å²) in [4.78, 5) is 10.7. The van der Waals surface area contributed by atoms with Crippen LogP contribution in [0.2, 0.25) is 5.02 Å². The number of halogens is 5. The van der Waals surface area contributed by atoms with Gasteiger partial charge in [-0.1, -0.05) is 11.6 Å². The van der Waals surface area contributed by atoms with E-state index in [1.165, 1.54) is 0 Å². The molecule has 0 aliphatic carbocycles. The standard InChI is InChI=1S/C12H11ClF4N2O4/c1-5(10(21)22)11(23,12(15,16)17)4-18-19-8-3-9(20)6(13)2-7(8)14/h2-5,19-20,23H,1H3,(H,21,22)/b18-4+. The maximum Gasteiger partial charge on any atom is 0.423 e. The number of carbonyl (C=O) groups is 1. The molecule has 23 heavy (non-hydrogen) atoms. The third-order valence-corrected chi connectivity index (χ3v) is 3.27. The van der Waals surface area contributed by atoms with E-state index in [1.807, 2.05) is 5.43 Å². The highest BCUT2D eigenvalue weighted by Crippen LogP contribution is 2.35. The van der Waals surface area contributed by atoms with Gasteiger partial charge in [-0.2, -0.15) is 18.3 Å². The van der Waals surface area contributed by atoms with Gasteiger partial charge in [-0.25, -0.2) is 4.39 Å². The summed E-state index contributed by atoms with van der Waals surface area (Å²) in [6.07, 6.45) is -5.44. The van der Waals surface area contributed by atoms with Crippen molar-refractivity contribution in [3.63, 3.8) is 0 Å². The number of carboxylic acids is 1. The zero-order valence-corrected chi connectivity index (χ0v) is 12.2. The number of alkyl halides is 3. The van der Waals surface area contributed by atoms with Gasteiger partial charge in [-0.15, -0.1) is 0 Å². The molecule has 0 saturated heterocycles. The number of aliphatic hydroxyl groups is 1. The predicted molar refractivity (Wildman–Crippen MR) is 73.0 cm³/mol. The molecular formula is C12H11ClF4N2O4. The van der Waals surface area contributed by atoms with Crippen molar-refractivity contribution in [1.82, 2.24) is 0 Å². The second kappa shape index (κ2) is 6.59. The first-order valence-electron chi connectivity index (χ1n) is 5.90. The highest BCUT2D eigenvalue weighted by molar-refractivity contribution is 6.32. The van der Waals surface area contributed by atoms with Gasteiger partial charge in [0.05, 0.1) is 22.8 Å². The molecule has 0 fully saturated rings. The Kier molecular flexibility index (Phi) is 5.43. The smallest absolute Gasteiger partial charge is 0.423 e. The van der Waals surface area contributed by atoms with Crippen molar-refractivity contribution >= 4 is 29.5 Å². The van der Waals surface area contributed by atoms with Crippen molar-refractivity contribution in [3.05, 3.63) is 23.0 Å². The molecule has 4 N–H and O–H groups in total. The van der Waals surface area contributed by atoms with Crippen molar-refractivity contribution in [3.8, 4) is 5.75 Å². The molecule has 2 unspecified atom stereocenters. The SMILES string of the molecule is CC(C(=O)O)C(O)(/C=N/Nc1cc(O)c(Cl)cc1F)C(F)(F)F. The van der Waals surface area contributed by atoms with E-state index in [4.69, 9.17) is 16.7 Å². The van der Waals surface area contributed by atoms with Crippen LogP contribution in [0.25, 0.3) is 0 Å². The average molecular weight is 359 g/mol. The fraction of sp³-hybridized carbons (Fsp3) is 0.333. The molecule has 0 amide bonds. The number of phenols is 1. The molecule has 128 valence electrons. The number of rotatable bonds is 5. The van der Waals surface area contributed by atoms with Crippen LogP contribution < -0.4 is 5.43 Å². The minimum atomic E-state index is -5.34. The van der Waals surface area contributed by atoms with Crippen LogP contribution in [0.5, 0.6) is 5.75 Å². The zero-order chi connectivity index (χ0) is 18.0. The van der Waals surface area contributed by atoms with Crippen LogP contribution in [0.3, 0.4) is 0 Å². The summed E-state index contributed by atoms with van der Waals surface area (Å²) in [6, 6.07) is 1.44. The first kappa shape index (κ1) is 19.0. The van der Waals surface area contributed by atoms with Gasteiger partial charge in [-0.3, -0.25) is 10.2 Å². The normalized spacial score (nSPS) is 16.1. The molecular weight excluding hydrogens is 348 g/mol. The monoisotopic (exact) mass is 358 g/mol. The van der Waals surface area contributed by atoms with Crippen LogP contribution in [0.1, 0.15) is 6.92 Å². The zero-order valence-electron chi connectivity index (χ0n) is 11.4. The number of hydrogen-bond acceptors (Lipinski definition) is 5. The van der Waals surface area contributed by atoms with Crippen molar-refractivity contribution in [2.24, 2.45) is 11.0 Å². The third-order valence-electron chi connectivity index (χ3n) is 2.97. The Bertz CT molecular complexity index is 638. The molecule has 2 atom stereocenters. The Labute approximate surface area is 132 Å². The summed E-state index contributed by atoms with van der Waals surface area (Å²) in [7, 11) is 0. The fourth-order valence-electron chi connectivity index (χ4n) is 1.44.